The first kappa shape index (κ1) is 18.5. The van der Waals surface area contributed by atoms with Crippen molar-refractivity contribution in [3.05, 3.63) is 0 Å². The lowest BCUT2D eigenvalue weighted by molar-refractivity contribution is -0.142. The Morgan fingerprint density at radius 2 is 2.10 bits per heavy atom. The zero-order valence-corrected chi connectivity index (χ0v) is 14.0. The van der Waals surface area contributed by atoms with E-state index in [0.717, 1.165) is 18.1 Å². The summed E-state index contributed by atoms with van der Waals surface area (Å²) in [4.78, 5) is 27.5. The van der Waals surface area contributed by atoms with E-state index in [1.54, 1.807) is 16.8 Å². The van der Waals surface area contributed by atoms with Crippen molar-refractivity contribution >= 4 is 36.0 Å². The Labute approximate surface area is 136 Å². The highest BCUT2D eigenvalue weighted by Gasteiger charge is 2.23. The molecular weight excluding hydrogens is 314 g/mol. The van der Waals surface area contributed by atoms with Gasteiger partial charge in [-0.1, -0.05) is 0 Å². The van der Waals surface area contributed by atoms with E-state index >= 15 is 0 Å². The van der Waals surface area contributed by atoms with Crippen molar-refractivity contribution in [1.82, 2.24) is 15.1 Å². The van der Waals surface area contributed by atoms with Crippen LogP contribution in [0.1, 0.15) is 6.42 Å². The highest BCUT2D eigenvalue weighted by Crippen LogP contribution is 2.11. The molecule has 2 fully saturated rings. The molecule has 2 rings (SSSR count). The van der Waals surface area contributed by atoms with Gasteiger partial charge in [0.1, 0.15) is 0 Å². The van der Waals surface area contributed by atoms with Crippen molar-refractivity contribution in [2.45, 2.75) is 12.5 Å². The van der Waals surface area contributed by atoms with E-state index in [1.165, 1.54) is 0 Å². The topological polar surface area (TPSA) is 61.9 Å². The van der Waals surface area contributed by atoms with Crippen LogP contribution in [0.3, 0.4) is 0 Å². The minimum atomic E-state index is 0. The standard InChI is InChI=1S/C13H23N3O3S.ClH/c1-15(9-13(18)16-3-5-19-6-4-16)12(17)8-11-10-20-7-2-14-11;/h11,14H,2-10H2,1H3;1H. The summed E-state index contributed by atoms with van der Waals surface area (Å²) in [5.41, 5.74) is 0. The molecule has 0 saturated carbocycles. The number of ether oxygens (including phenoxy) is 1. The van der Waals surface area contributed by atoms with Crippen molar-refractivity contribution in [2.75, 3.05) is 57.9 Å². The van der Waals surface area contributed by atoms with Crippen molar-refractivity contribution in [1.29, 1.82) is 0 Å². The number of nitrogens with zero attached hydrogens (tertiary/aromatic N) is 2. The molecule has 2 aliphatic heterocycles. The maximum atomic E-state index is 12.1. The molecule has 6 nitrogen and oxygen atoms in total. The van der Waals surface area contributed by atoms with Gasteiger partial charge >= 0.3 is 0 Å². The highest BCUT2D eigenvalue weighted by molar-refractivity contribution is 7.99. The van der Waals surface area contributed by atoms with Crippen molar-refractivity contribution in [2.24, 2.45) is 0 Å². The Hall–Kier alpha value is -0.500. The summed E-state index contributed by atoms with van der Waals surface area (Å²) in [6.45, 7) is 3.56. The summed E-state index contributed by atoms with van der Waals surface area (Å²) in [6, 6.07) is 0.238. The number of halogens is 1. The summed E-state index contributed by atoms with van der Waals surface area (Å²) in [5.74, 6) is 2.12. The molecule has 0 bridgehead atoms. The molecular formula is C13H24ClN3O3S. The number of morpholine rings is 1. The van der Waals surface area contributed by atoms with E-state index in [2.05, 4.69) is 5.32 Å². The van der Waals surface area contributed by atoms with Gasteiger partial charge in [0.15, 0.2) is 0 Å². The van der Waals surface area contributed by atoms with Crippen molar-refractivity contribution in [3.63, 3.8) is 0 Å². The van der Waals surface area contributed by atoms with Gasteiger partial charge in [0.2, 0.25) is 11.8 Å². The average Bonchev–Trinajstić information content (AvgIpc) is 2.49. The molecule has 8 heteroatoms. The van der Waals surface area contributed by atoms with Gasteiger partial charge in [-0.2, -0.15) is 11.8 Å². The minimum Gasteiger partial charge on any atom is -0.378 e. The normalized spacial score (nSPS) is 22.3. The Balaban J connectivity index is 0.00000220. The molecule has 1 N–H and O–H groups in total. The van der Waals surface area contributed by atoms with Gasteiger partial charge in [-0.25, -0.2) is 0 Å². The predicted octanol–water partition coefficient (Wildman–Crippen LogP) is -0.179. The third-order valence-electron chi connectivity index (χ3n) is 3.58. The highest BCUT2D eigenvalue weighted by atomic mass is 35.5. The largest absolute Gasteiger partial charge is 0.378 e. The Bertz CT molecular complexity index is 348. The number of rotatable bonds is 4. The molecule has 0 radical (unpaired) electrons. The number of hydrogen-bond acceptors (Lipinski definition) is 5. The molecule has 0 spiro atoms. The van der Waals surface area contributed by atoms with Crippen LogP contribution in [-0.4, -0.2) is 85.6 Å². The number of likely N-dealkylation sites (N-methyl/N-ethyl adjacent to an activating group) is 1. The maximum Gasteiger partial charge on any atom is 0.242 e. The Kier molecular flexibility index (Phi) is 8.39. The quantitative estimate of drug-likeness (QED) is 0.771. The van der Waals surface area contributed by atoms with E-state index in [0.29, 0.717) is 32.7 Å². The molecule has 0 aliphatic carbocycles. The van der Waals surface area contributed by atoms with Gasteiger partial charge in [-0.05, 0) is 0 Å². The lowest BCUT2D eigenvalue weighted by atomic mass is 10.2. The molecule has 1 atom stereocenters. The lowest BCUT2D eigenvalue weighted by Gasteiger charge is -2.29. The van der Waals surface area contributed by atoms with Crippen molar-refractivity contribution in [3.8, 4) is 0 Å². The van der Waals surface area contributed by atoms with Gasteiger partial charge in [0.05, 0.1) is 19.8 Å². The van der Waals surface area contributed by atoms with Gasteiger partial charge in [-0.3, -0.25) is 9.59 Å². The first-order valence-electron chi connectivity index (χ1n) is 7.07. The van der Waals surface area contributed by atoms with Gasteiger partial charge in [0, 0.05) is 50.7 Å². The van der Waals surface area contributed by atoms with E-state index in [-0.39, 0.29) is 36.8 Å². The van der Waals surface area contributed by atoms with E-state index < -0.39 is 0 Å². The second kappa shape index (κ2) is 9.50. The third-order valence-corrected chi connectivity index (χ3v) is 4.71. The number of nitrogens with one attached hydrogen (secondary N) is 1. The molecule has 2 saturated heterocycles. The van der Waals surface area contributed by atoms with Crippen LogP contribution >= 0.6 is 24.2 Å². The van der Waals surface area contributed by atoms with Gasteiger partial charge in [-0.15, -0.1) is 12.4 Å². The zero-order valence-electron chi connectivity index (χ0n) is 12.4. The van der Waals surface area contributed by atoms with Crippen LogP contribution in [0.4, 0.5) is 0 Å². The molecule has 0 aromatic carbocycles. The molecule has 0 aromatic heterocycles. The second-order valence-corrected chi connectivity index (χ2v) is 6.32. The van der Waals surface area contributed by atoms with Gasteiger partial charge in [0.25, 0.3) is 0 Å². The van der Waals surface area contributed by atoms with Crippen LogP contribution in [0.5, 0.6) is 0 Å². The minimum absolute atomic E-state index is 0. The van der Waals surface area contributed by atoms with Crippen molar-refractivity contribution < 1.29 is 14.3 Å². The lowest BCUT2D eigenvalue weighted by Crippen LogP contribution is -2.47. The van der Waals surface area contributed by atoms with E-state index in [1.807, 2.05) is 11.8 Å². The van der Waals surface area contributed by atoms with Crippen LogP contribution < -0.4 is 5.32 Å². The fraction of sp³-hybridized carbons (Fsp3) is 0.846. The maximum absolute atomic E-state index is 12.1. The first-order valence-corrected chi connectivity index (χ1v) is 8.23. The van der Waals surface area contributed by atoms with Crippen LogP contribution in [0.25, 0.3) is 0 Å². The van der Waals surface area contributed by atoms with Gasteiger partial charge < -0.3 is 19.9 Å². The Morgan fingerprint density at radius 3 is 2.71 bits per heavy atom. The summed E-state index contributed by atoms with van der Waals surface area (Å²) in [7, 11) is 1.71. The first-order chi connectivity index (χ1) is 9.66. The number of thioether (sulfide) groups is 1. The summed E-state index contributed by atoms with van der Waals surface area (Å²) in [6.07, 6.45) is 0.472. The van der Waals surface area contributed by atoms with Crippen LogP contribution in [0.15, 0.2) is 0 Å². The van der Waals surface area contributed by atoms with Crippen LogP contribution in [0.2, 0.25) is 0 Å². The van der Waals surface area contributed by atoms with E-state index in [9.17, 15) is 9.59 Å². The monoisotopic (exact) mass is 337 g/mol. The summed E-state index contributed by atoms with van der Waals surface area (Å²) in [5, 5.41) is 3.34. The summed E-state index contributed by atoms with van der Waals surface area (Å²) < 4.78 is 5.22. The number of carbonyl (C=O) groups is 2. The zero-order chi connectivity index (χ0) is 14.4. The summed E-state index contributed by atoms with van der Waals surface area (Å²) >= 11 is 1.87. The molecule has 2 heterocycles. The number of hydrogen-bond donors (Lipinski definition) is 1. The molecule has 122 valence electrons. The fourth-order valence-corrected chi connectivity index (χ4v) is 3.27. The molecule has 2 amide bonds. The molecule has 0 aromatic rings. The average molecular weight is 338 g/mol. The fourth-order valence-electron chi connectivity index (χ4n) is 2.32. The van der Waals surface area contributed by atoms with Crippen LogP contribution in [0, 0.1) is 0 Å². The predicted molar refractivity (Wildman–Crippen MR) is 86.0 cm³/mol. The number of amides is 2. The molecule has 1 unspecified atom stereocenters. The number of carbonyl (C=O) groups excluding carboxylic acids is 2. The van der Waals surface area contributed by atoms with E-state index in [4.69, 9.17) is 4.74 Å². The Morgan fingerprint density at radius 1 is 1.38 bits per heavy atom. The molecule has 21 heavy (non-hydrogen) atoms. The third kappa shape index (κ3) is 6.02. The smallest absolute Gasteiger partial charge is 0.242 e. The van der Waals surface area contributed by atoms with Crippen LogP contribution in [-0.2, 0) is 14.3 Å². The SMILES string of the molecule is CN(CC(=O)N1CCOCC1)C(=O)CC1CSCCN1.Cl. The second-order valence-electron chi connectivity index (χ2n) is 5.17. The molecule has 2 aliphatic rings.